The molecule has 0 aliphatic rings. The molecule has 0 aliphatic heterocycles. The Morgan fingerprint density at radius 3 is 1.64 bits per heavy atom. The van der Waals surface area contributed by atoms with Gasteiger partial charge in [0.25, 0.3) is 0 Å². The van der Waals surface area contributed by atoms with Crippen molar-refractivity contribution < 1.29 is 37.9 Å². The van der Waals surface area contributed by atoms with Crippen LogP contribution < -0.4 is 5.32 Å². The molecule has 0 spiro atoms. The van der Waals surface area contributed by atoms with Crippen LogP contribution in [0.5, 0.6) is 0 Å². The molecule has 0 heterocycles. The van der Waals surface area contributed by atoms with E-state index in [0.29, 0.717) is 6.42 Å². The number of phosphoric acid groups is 1. The number of hydrogen-bond acceptors (Lipinski definition) is 7. The van der Waals surface area contributed by atoms with Gasteiger partial charge in [-0.05, 0) is 44.9 Å². The number of phosphoric ester groups is 1. The van der Waals surface area contributed by atoms with E-state index in [1.165, 1.54) is 103 Å². The van der Waals surface area contributed by atoms with Gasteiger partial charge in [-0.1, -0.05) is 154 Å². The number of nitrogens with one attached hydrogen (secondary N) is 1. The van der Waals surface area contributed by atoms with Crippen LogP contribution in [0.4, 0.5) is 0 Å². The number of carbonyl (C=O) groups is 2. The number of ether oxygens (including phenoxy) is 1. The van der Waals surface area contributed by atoms with E-state index in [1.54, 1.807) is 0 Å². The third-order valence-corrected chi connectivity index (χ3v) is 9.62. The Morgan fingerprint density at radius 1 is 0.620 bits per heavy atom. The maximum absolute atomic E-state index is 12.1. The fourth-order valence-electron chi connectivity index (χ4n) is 5.53. The van der Waals surface area contributed by atoms with Crippen LogP contribution in [0.25, 0.3) is 0 Å². The standard InChI is InChI=1S/C40H76NO8P/c1-3-5-7-9-11-13-15-17-18-19-20-21-23-25-27-29-31-33-40(44)47-36-38(42)37-49-50(45,46)48-35-34-41-39(43)32-30-28-26-24-22-16-14-12-10-8-6-4-2/h11,13,17-18,38,42H,3-10,12,14-16,19-37H2,1-2H3,(H,41,43)(H,45,46)/b13-11-,18-17-. The molecule has 2 unspecified atom stereocenters. The Hall–Kier alpha value is -1.51. The molecule has 10 heteroatoms. The van der Waals surface area contributed by atoms with Gasteiger partial charge in [0.1, 0.15) is 12.7 Å². The van der Waals surface area contributed by atoms with Crippen molar-refractivity contribution in [3.63, 3.8) is 0 Å². The van der Waals surface area contributed by atoms with Gasteiger partial charge in [-0.3, -0.25) is 18.6 Å². The Morgan fingerprint density at radius 2 is 1.08 bits per heavy atom. The maximum Gasteiger partial charge on any atom is 0.472 e. The Bertz CT molecular complexity index is 881. The zero-order chi connectivity index (χ0) is 36.8. The van der Waals surface area contributed by atoms with Crippen molar-refractivity contribution in [2.45, 2.75) is 193 Å². The topological polar surface area (TPSA) is 131 Å². The lowest BCUT2D eigenvalue weighted by atomic mass is 10.0. The lowest BCUT2D eigenvalue weighted by Crippen LogP contribution is -2.27. The molecule has 0 aromatic rings. The van der Waals surface area contributed by atoms with Gasteiger partial charge in [0.05, 0.1) is 13.2 Å². The van der Waals surface area contributed by atoms with Crippen LogP contribution in [0.3, 0.4) is 0 Å². The van der Waals surface area contributed by atoms with Gasteiger partial charge in [0, 0.05) is 19.4 Å². The average Bonchev–Trinajstić information content (AvgIpc) is 3.10. The number of allylic oxidation sites excluding steroid dienone is 4. The fraction of sp³-hybridized carbons (Fsp3) is 0.850. The average molecular weight is 730 g/mol. The first-order valence-electron chi connectivity index (χ1n) is 20.3. The first-order valence-corrected chi connectivity index (χ1v) is 21.8. The van der Waals surface area contributed by atoms with Crippen molar-refractivity contribution in [3.05, 3.63) is 24.3 Å². The lowest BCUT2D eigenvalue weighted by Gasteiger charge is -2.15. The van der Waals surface area contributed by atoms with Gasteiger partial charge in [0.15, 0.2) is 0 Å². The van der Waals surface area contributed by atoms with Gasteiger partial charge in [0.2, 0.25) is 5.91 Å². The molecule has 1 amide bonds. The van der Waals surface area contributed by atoms with Gasteiger partial charge < -0.3 is 20.1 Å². The summed E-state index contributed by atoms with van der Waals surface area (Å²) in [6.45, 7) is 3.52. The van der Waals surface area contributed by atoms with Crippen molar-refractivity contribution >= 4 is 19.7 Å². The Kier molecular flexibility index (Phi) is 36.1. The minimum Gasteiger partial charge on any atom is -0.463 e. The lowest BCUT2D eigenvalue weighted by molar-refractivity contribution is -0.147. The summed E-state index contributed by atoms with van der Waals surface area (Å²) in [5.41, 5.74) is 0. The quantitative estimate of drug-likeness (QED) is 0.0248. The number of esters is 1. The van der Waals surface area contributed by atoms with E-state index in [2.05, 4.69) is 43.5 Å². The predicted octanol–water partition coefficient (Wildman–Crippen LogP) is 10.8. The monoisotopic (exact) mass is 730 g/mol. The predicted molar refractivity (Wildman–Crippen MR) is 206 cm³/mol. The summed E-state index contributed by atoms with van der Waals surface area (Å²) in [6, 6.07) is 0. The molecule has 0 saturated heterocycles. The molecule has 50 heavy (non-hydrogen) atoms. The molecule has 9 nitrogen and oxygen atoms in total. The third-order valence-electron chi connectivity index (χ3n) is 8.63. The number of unbranched alkanes of at least 4 members (excludes halogenated alkanes) is 21. The maximum atomic E-state index is 12.1. The molecule has 0 rings (SSSR count). The van der Waals surface area contributed by atoms with Crippen molar-refractivity contribution in [2.24, 2.45) is 0 Å². The second kappa shape index (κ2) is 37.3. The van der Waals surface area contributed by atoms with Crippen LogP contribution in [-0.4, -0.2) is 54.3 Å². The number of carbonyl (C=O) groups excluding carboxylic acids is 2. The first-order chi connectivity index (χ1) is 24.3. The van der Waals surface area contributed by atoms with Crippen LogP contribution >= 0.6 is 7.82 Å². The van der Waals surface area contributed by atoms with Crippen LogP contribution in [0, 0.1) is 0 Å². The van der Waals surface area contributed by atoms with Crippen molar-refractivity contribution in [1.29, 1.82) is 0 Å². The molecular weight excluding hydrogens is 653 g/mol. The third kappa shape index (κ3) is 37.7. The number of aliphatic hydroxyl groups is 1. The van der Waals surface area contributed by atoms with Crippen molar-refractivity contribution in [1.82, 2.24) is 5.32 Å². The number of rotatable bonds is 38. The highest BCUT2D eigenvalue weighted by Crippen LogP contribution is 2.42. The highest BCUT2D eigenvalue weighted by atomic mass is 31.2. The summed E-state index contributed by atoms with van der Waals surface area (Å²) in [6.07, 6.45) is 38.1. The van der Waals surface area contributed by atoms with Crippen LogP contribution in [0.1, 0.15) is 187 Å². The van der Waals surface area contributed by atoms with Gasteiger partial charge in [-0.2, -0.15) is 0 Å². The molecule has 2 atom stereocenters. The first kappa shape index (κ1) is 48.5. The molecule has 0 aromatic heterocycles. The smallest absolute Gasteiger partial charge is 0.463 e. The highest BCUT2D eigenvalue weighted by molar-refractivity contribution is 7.47. The van der Waals surface area contributed by atoms with E-state index in [4.69, 9.17) is 13.8 Å². The molecule has 3 N–H and O–H groups in total. The SMILES string of the molecule is CCCCC/C=C\C/C=C\CCCCCCCCCC(=O)OCC(O)COP(=O)(O)OCCNC(=O)CCCCCCCCCCCCCC. The van der Waals surface area contributed by atoms with E-state index in [-0.39, 0.29) is 32.1 Å². The van der Waals surface area contributed by atoms with Crippen molar-refractivity contribution in [2.75, 3.05) is 26.4 Å². The summed E-state index contributed by atoms with van der Waals surface area (Å²) < 4.78 is 26.8. The molecule has 0 saturated carbocycles. The minimum atomic E-state index is -4.41. The van der Waals surface area contributed by atoms with E-state index < -0.39 is 26.5 Å². The molecular formula is C40H76NO8P. The van der Waals surface area contributed by atoms with Gasteiger partial charge in [-0.15, -0.1) is 0 Å². The summed E-state index contributed by atoms with van der Waals surface area (Å²) in [7, 11) is -4.41. The highest BCUT2D eigenvalue weighted by Gasteiger charge is 2.23. The summed E-state index contributed by atoms with van der Waals surface area (Å²) in [5, 5.41) is 12.7. The van der Waals surface area contributed by atoms with Crippen LogP contribution in [-0.2, 0) is 27.9 Å². The zero-order valence-corrected chi connectivity index (χ0v) is 33.0. The largest absolute Gasteiger partial charge is 0.472 e. The summed E-state index contributed by atoms with van der Waals surface area (Å²) in [4.78, 5) is 33.8. The number of amides is 1. The number of aliphatic hydroxyl groups excluding tert-OH is 1. The molecule has 0 bridgehead atoms. The van der Waals surface area contributed by atoms with Gasteiger partial charge in [-0.25, -0.2) is 4.57 Å². The Balaban J connectivity index is 3.61. The molecule has 0 fully saturated rings. The van der Waals surface area contributed by atoms with Crippen LogP contribution in [0.15, 0.2) is 24.3 Å². The van der Waals surface area contributed by atoms with Gasteiger partial charge >= 0.3 is 13.8 Å². The van der Waals surface area contributed by atoms with E-state index >= 15 is 0 Å². The molecule has 0 aliphatic carbocycles. The zero-order valence-electron chi connectivity index (χ0n) is 32.1. The van der Waals surface area contributed by atoms with Crippen molar-refractivity contribution in [3.8, 4) is 0 Å². The Labute approximate surface area is 306 Å². The van der Waals surface area contributed by atoms with E-state index in [9.17, 15) is 24.2 Å². The van der Waals surface area contributed by atoms with E-state index in [1.807, 2.05) is 0 Å². The molecule has 294 valence electrons. The van der Waals surface area contributed by atoms with E-state index in [0.717, 1.165) is 57.8 Å². The minimum absolute atomic E-state index is 0.0837. The second-order valence-corrected chi connectivity index (χ2v) is 15.1. The molecule has 0 radical (unpaired) electrons. The van der Waals surface area contributed by atoms with Crippen LogP contribution in [0.2, 0.25) is 0 Å². The fourth-order valence-corrected chi connectivity index (χ4v) is 6.28. The summed E-state index contributed by atoms with van der Waals surface area (Å²) in [5.74, 6) is -0.521. The second-order valence-electron chi connectivity index (χ2n) is 13.6. The normalized spacial score (nSPS) is 13.6. The molecule has 0 aromatic carbocycles. The summed E-state index contributed by atoms with van der Waals surface area (Å²) >= 11 is 0. The number of hydrogen-bond donors (Lipinski definition) is 3.